The highest BCUT2D eigenvalue weighted by atomic mass is 16.5. The van der Waals surface area contributed by atoms with Crippen LogP contribution in [0.5, 0.6) is 11.5 Å². The highest BCUT2D eigenvalue weighted by Crippen LogP contribution is 2.39. The Morgan fingerprint density at radius 3 is 2.61 bits per heavy atom. The molecule has 0 saturated heterocycles. The van der Waals surface area contributed by atoms with Crippen molar-refractivity contribution >= 4 is 11.6 Å². The Bertz CT molecular complexity index is 1300. The number of anilines is 1. The van der Waals surface area contributed by atoms with E-state index in [1.54, 1.807) is 50.2 Å². The molecule has 1 fully saturated rings. The Morgan fingerprint density at radius 2 is 1.91 bits per heavy atom. The highest BCUT2D eigenvalue weighted by molar-refractivity contribution is 6.05. The van der Waals surface area contributed by atoms with Gasteiger partial charge in [0.1, 0.15) is 11.5 Å². The fraction of sp³-hybridized carbons (Fsp3) is 0.250. The molecular formula is C24H23N5O4. The number of aryl methyl sites for hydroxylation is 1. The van der Waals surface area contributed by atoms with E-state index in [0.717, 1.165) is 24.1 Å². The largest absolute Gasteiger partial charge is 0.497 e. The molecule has 1 N–H and O–H groups in total. The van der Waals surface area contributed by atoms with Crippen molar-refractivity contribution in [3.63, 3.8) is 0 Å². The smallest absolute Gasteiger partial charge is 0.259 e. The van der Waals surface area contributed by atoms with Crippen molar-refractivity contribution in [1.82, 2.24) is 19.9 Å². The third-order valence-electron chi connectivity index (χ3n) is 5.56. The molecule has 4 aromatic rings. The van der Waals surface area contributed by atoms with E-state index in [1.807, 2.05) is 24.3 Å². The first kappa shape index (κ1) is 20.7. The zero-order chi connectivity index (χ0) is 22.9. The van der Waals surface area contributed by atoms with Crippen LogP contribution in [0.15, 0.2) is 53.2 Å². The van der Waals surface area contributed by atoms with Gasteiger partial charge in [-0.15, -0.1) is 0 Å². The number of hydrogen-bond donors (Lipinski definition) is 1. The predicted molar refractivity (Wildman–Crippen MR) is 121 cm³/mol. The van der Waals surface area contributed by atoms with Gasteiger partial charge >= 0.3 is 0 Å². The van der Waals surface area contributed by atoms with Crippen molar-refractivity contribution in [2.75, 3.05) is 19.5 Å². The van der Waals surface area contributed by atoms with Gasteiger partial charge in [0, 0.05) is 23.7 Å². The van der Waals surface area contributed by atoms with Crippen LogP contribution < -0.4 is 14.8 Å². The number of carbonyl (C=O) groups excluding carboxylic acids is 1. The van der Waals surface area contributed by atoms with Crippen LogP contribution in [0.1, 0.15) is 40.7 Å². The summed E-state index contributed by atoms with van der Waals surface area (Å²) in [7, 11) is 3.11. The summed E-state index contributed by atoms with van der Waals surface area (Å²) in [6, 6.07) is 12.8. The number of nitrogens with one attached hydrogen (secondary N) is 1. The SMILES string of the molecule is COc1ccc(NC(=O)c2cn(-c3ccc(-c4noc(C5CC5)n4)cc3)nc2C)c(OC)c1. The van der Waals surface area contributed by atoms with Crippen LogP contribution in [0.2, 0.25) is 0 Å². The zero-order valence-electron chi connectivity index (χ0n) is 18.5. The zero-order valence-corrected chi connectivity index (χ0v) is 18.5. The third kappa shape index (κ3) is 4.17. The quantitative estimate of drug-likeness (QED) is 0.450. The summed E-state index contributed by atoms with van der Waals surface area (Å²) in [5.74, 6) is 2.57. The van der Waals surface area contributed by atoms with Crippen molar-refractivity contribution in [3.05, 3.63) is 65.8 Å². The van der Waals surface area contributed by atoms with Crippen molar-refractivity contribution < 1.29 is 18.8 Å². The van der Waals surface area contributed by atoms with Crippen LogP contribution in [0.4, 0.5) is 5.69 Å². The summed E-state index contributed by atoms with van der Waals surface area (Å²) in [5, 5.41) is 11.5. The maximum absolute atomic E-state index is 12.9. The van der Waals surface area contributed by atoms with Crippen molar-refractivity contribution in [2.24, 2.45) is 0 Å². The summed E-state index contributed by atoms with van der Waals surface area (Å²) in [4.78, 5) is 17.4. The van der Waals surface area contributed by atoms with Gasteiger partial charge in [-0.05, 0) is 56.2 Å². The monoisotopic (exact) mass is 445 g/mol. The molecule has 9 heteroatoms. The summed E-state index contributed by atoms with van der Waals surface area (Å²) in [6.45, 7) is 1.80. The minimum absolute atomic E-state index is 0.279. The molecule has 2 aromatic carbocycles. The molecule has 2 heterocycles. The topological polar surface area (TPSA) is 104 Å². The standard InChI is InChI=1S/C24H23N5O4/c1-14-19(23(30)25-20-11-10-18(31-2)12-21(20)32-3)13-29(27-14)17-8-6-15(7-9-17)22-26-24(33-28-22)16-4-5-16/h6-13,16H,4-5H2,1-3H3,(H,25,30). The van der Waals surface area contributed by atoms with Gasteiger partial charge in [-0.1, -0.05) is 5.16 Å². The molecule has 0 radical (unpaired) electrons. The summed E-state index contributed by atoms with van der Waals surface area (Å²) < 4.78 is 17.6. The Morgan fingerprint density at radius 1 is 1.12 bits per heavy atom. The molecule has 0 spiro atoms. The van der Waals surface area contributed by atoms with Crippen LogP contribution >= 0.6 is 0 Å². The molecular weight excluding hydrogens is 422 g/mol. The van der Waals surface area contributed by atoms with Crippen LogP contribution in [0.25, 0.3) is 17.1 Å². The lowest BCUT2D eigenvalue weighted by molar-refractivity contribution is 0.102. The van der Waals surface area contributed by atoms with Crippen LogP contribution in [-0.2, 0) is 0 Å². The molecule has 9 nitrogen and oxygen atoms in total. The van der Waals surface area contributed by atoms with Crippen LogP contribution in [-0.4, -0.2) is 40.0 Å². The van der Waals surface area contributed by atoms with Gasteiger partial charge in [-0.3, -0.25) is 4.79 Å². The second-order valence-electron chi connectivity index (χ2n) is 7.87. The fourth-order valence-corrected chi connectivity index (χ4v) is 3.52. The molecule has 1 amide bonds. The molecule has 168 valence electrons. The van der Waals surface area contributed by atoms with Gasteiger partial charge < -0.3 is 19.3 Å². The Balaban J connectivity index is 1.34. The van der Waals surface area contributed by atoms with E-state index in [9.17, 15) is 4.79 Å². The van der Waals surface area contributed by atoms with Crippen molar-refractivity contribution in [1.29, 1.82) is 0 Å². The number of methoxy groups -OCH3 is 2. The van der Waals surface area contributed by atoms with E-state index in [2.05, 4.69) is 20.6 Å². The Kier molecular flexibility index (Phi) is 5.29. The molecule has 1 saturated carbocycles. The molecule has 2 aromatic heterocycles. The predicted octanol–water partition coefficient (Wildman–Crippen LogP) is 4.38. The lowest BCUT2D eigenvalue weighted by Gasteiger charge is -2.11. The van der Waals surface area contributed by atoms with Gasteiger partial charge in [0.2, 0.25) is 11.7 Å². The number of aromatic nitrogens is 4. The summed E-state index contributed by atoms with van der Waals surface area (Å²) in [6.07, 6.45) is 3.93. The Hall–Kier alpha value is -4.14. The van der Waals surface area contributed by atoms with E-state index in [0.29, 0.717) is 46.1 Å². The third-order valence-corrected chi connectivity index (χ3v) is 5.56. The van der Waals surface area contributed by atoms with Gasteiger partial charge in [-0.25, -0.2) is 4.68 Å². The molecule has 0 aliphatic heterocycles. The van der Waals surface area contributed by atoms with Gasteiger partial charge in [-0.2, -0.15) is 10.1 Å². The number of amides is 1. The maximum atomic E-state index is 12.9. The number of rotatable bonds is 7. The lowest BCUT2D eigenvalue weighted by atomic mass is 10.2. The number of carbonyl (C=O) groups is 1. The van der Waals surface area contributed by atoms with Gasteiger partial charge in [0.15, 0.2) is 0 Å². The first-order valence-corrected chi connectivity index (χ1v) is 10.6. The fourth-order valence-electron chi connectivity index (χ4n) is 3.52. The average Bonchev–Trinajstić information content (AvgIpc) is 3.44. The maximum Gasteiger partial charge on any atom is 0.259 e. The van der Waals surface area contributed by atoms with E-state index < -0.39 is 0 Å². The second kappa shape index (κ2) is 8.42. The van der Waals surface area contributed by atoms with Crippen LogP contribution in [0.3, 0.4) is 0 Å². The highest BCUT2D eigenvalue weighted by Gasteiger charge is 2.29. The molecule has 1 aliphatic rings. The Labute approximate surface area is 190 Å². The molecule has 5 rings (SSSR count). The van der Waals surface area contributed by atoms with E-state index in [1.165, 1.54) is 0 Å². The van der Waals surface area contributed by atoms with Gasteiger partial charge in [0.25, 0.3) is 5.91 Å². The van der Waals surface area contributed by atoms with Gasteiger partial charge in [0.05, 0.1) is 36.9 Å². The summed E-state index contributed by atoms with van der Waals surface area (Å²) in [5.41, 5.74) is 3.29. The first-order valence-electron chi connectivity index (χ1n) is 10.6. The number of ether oxygens (including phenoxy) is 2. The minimum atomic E-state index is -0.279. The normalized spacial score (nSPS) is 13.1. The van der Waals surface area contributed by atoms with Crippen LogP contribution in [0, 0.1) is 6.92 Å². The van der Waals surface area contributed by atoms with E-state index in [4.69, 9.17) is 14.0 Å². The lowest BCUT2D eigenvalue weighted by Crippen LogP contribution is -2.13. The summed E-state index contributed by atoms with van der Waals surface area (Å²) >= 11 is 0. The molecule has 33 heavy (non-hydrogen) atoms. The minimum Gasteiger partial charge on any atom is -0.497 e. The molecule has 0 unspecified atom stereocenters. The van der Waals surface area contributed by atoms with Crippen molar-refractivity contribution in [3.8, 4) is 28.6 Å². The average molecular weight is 445 g/mol. The number of benzene rings is 2. The second-order valence-corrected chi connectivity index (χ2v) is 7.87. The first-order chi connectivity index (χ1) is 16.1. The molecule has 0 atom stereocenters. The number of hydrogen-bond acceptors (Lipinski definition) is 7. The van der Waals surface area contributed by atoms with E-state index >= 15 is 0 Å². The van der Waals surface area contributed by atoms with E-state index in [-0.39, 0.29) is 5.91 Å². The van der Waals surface area contributed by atoms with Crippen molar-refractivity contribution in [2.45, 2.75) is 25.7 Å². The molecule has 1 aliphatic carbocycles. The molecule has 0 bridgehead atoms. The number of nitrogens with zero attached hydrogens (tertiary/aromatic N) is 4.